The van der Waals surface area contributed by atoms with Crippen molar-refractivity contribution in [2.75, 3.05) is 6.54 Å². The largest absolute Gasteiger partial charge is 0.356 e. The van der Waals surface area contributed by atoms with Gasteiger partial charge in [-0.05, 0) is 30.9 Å². The second-order valence-corrected chi connectivity index (χ2v) is 5.71. The van der Waals surface area contributed by atoms with Crippen molar-refractivity contribution in [1.29, 1.82) is 0 Å². The summed E-state index contributed by atoms with van der Waals surface area (Å²) in [4.78, 5) is 26.3. The molecule has 2 aromatic rings. The number of nitrogens with zero attached hydrogens (tertiary/aromatic N) is 2. The molecule has 0 unspecified atom stereocenters. The molecule has 1 fully saturated rings. The normalized spacial score (nSPS) is 13.8. The van der Waals surface area contributed by atoms with Gasteiger partial charge in [-0.1, -0.05) is 12.1 Å². The van der Waals surface area contributed by atoms with Crippen molar-refractivity contribution >= 4 is 5.91 Å². The smallest absolute Gasteiger partial charge is 0.273 e. The molecule has 120 valence electrons. The van der Waals surface area contributed by atoms with E-state index in [4.69, 9.17) is 0 Å². The molecule has 23 heavy (non-hydrogen) atoms. The predicted octanol–water partition coefficient (Wildman–Crippen LogP) is 1.43. The van der Waals surface area contributed by atoms with Gasteiger partial charge in [-0.3, -0.25) is 9.59 Å². The Labute approximate surface area is 132 Å². The van der Waals surface area contributed by atoms with E-state index in [0.29, 0.717) is 18.0 Å². The molecule has 3 rings (SSSR count). The van der Waals surface area contributed by atoms with E-state index in [1.807, 2.05) is 0 Å². The van der Waals surface area contributed by atoms with Crippen molar-refractivity contribution in [2.24, 2.45) is 5.92 Å². The molecule has 1 heterocycles. The zero-order chi connectivity index (χ0) is 16.2. The van der Waals surface area contributed by atoms with E-state index in [1.54, 1.807) is 6.07 Å². The molecule has 1 saturated carbocycles. The Kier molecular flexibility index (Phi) is 4.45. The van der Waals surface area contributed by atoms with Gasteiger partial charge in [-0.2, -0.15) is 0 Å². The first-order valence-electron chi connectivity index (χ1n) is 7.60. The maximum Gasteiger partial charge on any atom is 0.273 e. The zero-order valence-electron chi connectivity index (χ0n) is 12.5. The number of aromatic nitrogens is 3. The van der Waals surface area contributed by atoms with Crippen LogP contribution in [0, 0.1) is 11.7 Å². The Bertz CT molecular complexity index is 771. The Morgan fingerprint density at radius 2 is 2.17 bits per heavy atom. The van der Waals surface area contributed by atoms with Crippen LogP contribution in [0.15, 0.2) is 29.1 Å². The van der Waals surface area contributed by atoms with Crippen LogP contribution in [-0.2, 0) is 11.2 Å². The lowest BCUT2D eigenvalue weighted by Gasteiger charge is -2.04. The van der Waals surface area contributed by atoms with Crippen LogP contribution in [0.3, 0.4) is 0 Å². The minimum absolute atomic E-state index is 0.0905. The summed E-state index contributed by atoms with van der Waals surface area (Å²) in [6, 6.07) is 5.74. The predicted molar refractivity (Wildman–Crippen MR) is 82.1 cm³/mol. The number of halogens is 1. The first-order chi connectivity index (χ1) is 11.1. The topological polar surface area (TPSA) is 87.7 Å². The Hall–Kier alpha value is -2.57. The molecule has 6 nitrogen and oxygen atoms in total. The number of amides is 1. The SMILES string of the molecule is O=C(CCc1nnc(-c2cccc(F)c2)[nH]c1=O)NCC1CC1. The number of benzene rings is 1. The molecule has 0 aliphatic heterocycles. The van der Waals surface area contributed by atoms with E-state index in [0.717, 1.165) is 0 Å². The van der Waals surface area contributed by atoms with Gasteiger partial charge in [0.15, 0.2) is 5.82 Å². The molecule has 1 aliphatic carbocycles. The van der Waals surface area contributed by atoms with Gasteiger partial charge in [0.25, 0.3) is 5.56 Å². The molecule has 0 spiro atoms. The molecule has 1 amide bonds. The maximum absolute atomic E-state index is 13.2. The monoisotopic (exact) mass is 316 g/mol. The zero-order valence-corrected chi connectivity index (χ0v) is 12.5. The molecule has 1 aromatic carbocycles. The number of H-pyrrole nitrogens is 1. The van der Waals surface area contributed by atoms with Gasteiger partial charge in [0.05, 0.1) is 0 Å². The molecular formula is C16H17FN4O2. The summed E-state index contributed by atoms with van der Waals surface area (Å²) in [6.45, 7) is 0.708. The third kappa shape index (κ3) is 4.21. The van der Waals surface area contributed by atoms with E-state index in [-0.39, 0.29) is 30.3 Å². The third-order valence-electron chi connectivity index (χ3n) is 3.74. The number of carbonyl (C=O) groups is 1. The van der Waals surface area contributed by atoms with Crippen molar-refractivity contribution in [1.82, 2.24) is 20.5 Å². The van der Waals surface area contributed by atoms with Gasteiger partial charge < -0.3 is 10.3 Å². The number of hydrogen-bond acceptors (Lipinski definition) is 4. The number of rotatable bonds is 6. The summed E-state index contributed by atoms with van der Waals surface area (Å²) in [7, 11) is 0. The molecule has 2 N–H and O–H groups in total. The quantitative estimate of drug-likeness (QED) is 0.844. The lowest BCUT2D eigenvalue weighted by atomic mass is 10.2. The van der Waals surface area contributed by atoms with Crippen LogP contribution in [0.5, 0.6) is 0 Å². The highest BCUT2D eigenvalue weighted by Crippen LogP contribution is 2.27. The van der Waals surface area contributed by atoms with Crippen molar-refractivity contribution < 1.29 is 9.18 Å². The fourth-order valence-corrected chi connectivity index (χ4v) is 2.19. The van der Waals surface area contributed by atoms with E-state index < -0.39 is 11.4 Å². The van der Waals surface area contributed by atoms with Crippen LogP contribution >= 0.6 is 0 Å². The summed E-state index contributed by atoms with van der Waals surface area (Å²) in [5.41, 5.74) is 0.240. The lowest BCUT2D eigenvalue weighted by Crippen LogP contribution is -2.27. The minimum atomic E-state index is -0.415. The van der Waals surface area contributed by atoms with Gasteiger partial charge in [0.2, 0.25) is 5.91 Å². The summed E-state index contributed by atoms with van der Waals surface area (Å²) in [6.07, 6.45) is 2.77. The second-order valence-electron chi connectivity index (χ2n) is 5.71. The first-order valence-corrected chi connectivity index (χ1v) is 7.60. The van der Waals surface area contributed by atoms with Crippen molar-refractivity contribution in [2.45, 2.75) is 25.7 Å². The number of aromatic amines is 1. The highest BCUT2D eigenvalue weighted by molar-refractivity contribution is 5.76. The number of hydrogen-bond donors (Lipinski definition) is 2. The number of aryl methyl sites for hydroxylation is 1. The Morgan fingerprint density at radius 3 is 2.87 bits per heavy atom. The van der Waals surface area contributed by atoms with Gasteiger partial charge >= 0.3 is 0 Å². The summed E-state index contributed by atoms with van der Waals surface area (Å²) in [5.74, 6) is 0.318. The Balaban J connectivity index is 1.62. The van der Waals surface area contributed by atoms with Crippen LogP contribution in [0.25, 0.3) is 11.4 Å². The van der Waals surface area contributed by atoms with E-state index in [2.05, 4.69) is 20.5 Å². The van der Waals surface area contributed by atoms with Crippen LogP contribution < -0.4 is 10.9 Å². The molecule has 0 radical (unpaired) electrons. The van der Waals surface area contributed by atoms with Crippen LogP contribution in [0.4, 0.5) is 4.39 Å². The van der Waals surface area contributed by atoms with E-state index in [9.17, 15) is 14.0 Å². The second kappa shape index (κ2) is 6.68. The molecular weight excluding hydrogens is 299 g/mol. The van der Waals surface area contributed by atoms with Crippen LogP contribution in [0.1, 0.15) is 25.0 Å². The van der Waals surface area contributed by atoms with Crippen LogP contribution in [-0.4, -0.2) is 27.6 Å². The molecule has 0 atom stereocenters. The van der Waals surface area contributed by atoms with Gasteiger partial charge in [0.1, 0.15) is 11.5 Å². The molecule has 0 bridgehead atoms. The summed E-state index contributed by atoms with van der Waals surface area (Å²) >= 11 is 0. The number of carbonyl (C=O) groups excluding carboxylic acids is 1. The summed E-state index contributed by atoms with van der Waals surface area (Å²) in [5, 5.41) is 10.6. The van der Waals surface area contributed by atoms with Crippen molar-refractivity contribution in [3.63, 3.8) is 0 Å². The van der Waals surface area contributed by atoms with E-state index >= 15 is 0 Å². The lowest BCUT2D eigenvalue weighted by molar-refractivity contribution is -0.121. The standard InChI is InChI=1S/C16H17FN4O2/c17-12-3-1-2-11(8-12)15-19-16(23)13(20-21-15)6-7-14(22)18-9-10-4-5-10/h1-3,8,10H,4-7,9H2,(H,18,22)(H,19,21,23). The average molecular weight is 316 g/mol. The minimum Gasteiger partial charge on any atom is -0.356 e. The van der Waals surface area contributed by atoms with Gasteiger partial charge in [0, 0.05) is 24.9 Å². The van der Waals surface area contributed by atoms with E-state index in [1.165, 1.54) is 31.0 Å². The first kappa shape index (κ1) is 15.3. The highest BCUT2D eigenvalue weighted by atomic mass is 19.1. The highest BCUT2D eigenvalue weighted by Gasteiger charge is 2.21. The number of nitrogens with one attached hydrogen (secondary N) is 2. The molecule has 0 saturated heterocycles. The fourth-order valence-electron chi connectivity index (χ4n) is 2.19. The fraction of sp³-hybridized carbons (Fsp3) is 0.375. The van der Waals surface area contributed by atoms with Crippen molar-refractivity contribution in [3.8, 4) is 11.4 Å². The molecule has 1 aromatic heterocycles. The average Bonchev–Trinajstić information content (AvgIpc) is 3.36. The third-order valence-corrected chi connectivity index (χ3v) is 3.74. The van der Waals surface area contributed by atoms with Gasteiger partial charge in [-0.15, -0.1) is 10.2 Å². The van der Waals surface area contributed by atoms with Crippen molar-refractivity contribution in [3.05, 3.63) is 46.1 Å². The Morgan fingerprint density at radius 1 is 1.35 bits per heavy atom. The molecule has 7 heteroatoms. The maximum atomic E-state index is 13.2. The van der Waals surface area contributed by atoms with Gasteiger partial charge in [-0.25, -0.2) is 4.39 Å². The van der Waals surface area contributed by atoms with Crippen LogP contribution in [0.2, 0.25) is 0 Å². The summed E-state index contributed by atoms with van der Waals surface area (Å²) < 4.78 is 13.2. The molecule has 1 aliphatic rings.